The van der Waals surface area contributed by atoms with Crippen LogP contribution in [-0.4, -0.2) is 29.5 Å². The molecule has 1 atom stereocenters. The first-order chi connectivity index (χ1) is 10.6. The molecule has 1 saturated heterocycles. The minimum absolute atomic E-state index is 0.0159. The molecule has 0 amide bonds. The highest BCUT2D eigenvalue weighted by molar-refractivity contribution is 9.10. The molecule has 116 valence electrons. The quantitative estimate of drug-likeness (QED) is 0.737. The monoisotopic (exact) mass is 427 g/mol. The molecule has 22 heavy (non-hydrogen) atoms. The molecule has 2 aromatic rings. The zero-order valence-corrected chi connectivity index (χ0v) is 15.2. The molecule has 3 rings (SSSR count). The summed E-state index contributed by atoms with van der Waals surface area (Å²) in [7, 11) is 1.64. The number of halogens is 2. The number of aromatic nitrogens is 2. The smallest absolute Gasteiger partial charge is 0.282 e. The van der Waals surface area contributed by atoms with Crippen molar-refractivity contribution >= 4 is 37.5 Å². The lowest BCUT2D eigenvalue weighted by molar-refractivity contribution is 0.0397. The maximum absolute atomic E-state index is 12.0. The lowest BCUT2D eigenvalue weighted by Crippen LogP contribution is -2.39. The number of hydrogen-bond acceptors (Lipinski definition) is 4. The molecule has 0 radical (unpaired) electrons. The molecule has 7 heteroatoms. The van der Waals surface area contributed by atoms with Gasteiger partial charge in [0.2, 0.25) is 0 Å². The van der Waals surface area contributed by atoms with E-state index in [1.807, 2.05) is 12.1 Å². The first-order valence-electron chi connectivity index (χ1n) is 6.90. The molecular formula is C15H15Br2N3O2. The number of ether oxygens (including phenoxy) is 1. The van der Waals surface area contributed by atoms with Gasteiger partial charge in [-0.05, 0) is 33.6 Å². The Morgan fingerprint density at radius 3 is 2.73 bits per heavy atom. The zero-order chi connectivity index (χ0) is 15.7. The Hall–Kier alpha value is -1.18. The number of hydrogen-bond donors (Lipinski definition) is 0. The number of rotatable bonds is 2. The predicted molar refractivity (Wildman–Crippen MR) is 92.2 cm³/mol. The largest absolute Gasteiger partial charge is 0.370 e. The van der Waals surface area contributed by atoms with Crippen molar-refractivity contribution in [1.29, 1.82) is 0 Å². The van der Waals surface area contributed by atoms with Crippen LogP contribution in [0.2, 0.25) is 0 Å². The van der Waals surface area contributed by atoms with E-state index in [4.69, 9.17) is 4.74 Å². The van der Waals surface area contributed by atoms with Crippen molar-refractivity contribution in [2.24, 2.45) is 7.05 Å². The van der Waals surface area contributed by atoms with Crippen molar-refractivity contribution in [2.45, 2.75) is 6.10 Å². The molecular weight excluding hydrogens is 414 g/mol. The van der Waals surface area contributed by atoms with Gasteiger partial charge in [0.15, 0.2) is 0 Å². The average Bonchev–Trinajstić information content (AvgIpc) is 2.54. The fourth-order valence-corrected chi connectivity index (χ4v) is 3.34. The molecule has 0 N–H and O–H groups in total. The van der Waals surface area contributed by atoms with Crippen molar-refractivity contribution < 1.29 is 4.74 Å². The summed E-state index contributed by atoms with van der Waals surface area (Å²) < 4.78 is 8.78. The highest BCUT2D eigenvalue weighted by Gasteiger charge is 2.24. The van der Waals surface area contributed by atoms with E-state index in [0.717, 1.165) is 22.3 Å². The van der Waals surface area contributed by atoms with Crippen molar-refractivity contribution in [3.63, 3.8) is 0 Å². The van der Waals surface area contributed by atoms with Gasteiger partial charge in [0.25, 0.3) is 5.56 Å². The second-order valence-electron chi connectivity index (χ2n) is 5.13. The minimum Gasteiger partial charge on any atom is -0.370 e. The Morgan fingerprint density at radius 1 is 1.27 bits per heavy atom. The number of morpholine rings is 1. The molecule has 1 fully saturated rings. The summed E-state index contributed by atoms with van der Waals surface area (Å²) in [5, 5.41) is 4.11. The van der Waals surface area contributed by atoms with Crippen molar-refractivity contribution in [2.75, 3.05) is 24.6 Å². The first kappa shape index (κ1) is 15.7. The van der Waals surface area contributed by atoms with Crippen LogP contribution in [0.15, 0.2) is 44.2 Å². The summed E-state index contributed by atoms with van der Waals surface area (Å²) in [5.74, 6) is 0. The fourth-order valence-electron chi connectivity index (χ4n) is 2.47. The molecule has 1 unspecified atom stereocenters. The van der Waals surface area contributed by atoms with Gasteiger partial charge in [0.1, 0.15) is 10.6 Å². The Bertz CT molecular complexity index is 731. The molecule has 0 bridgehead atoms. The van der Waals surface area contributed by atoms with E-state index >= 15 is 0 Å². The maximum Gasteiger partial charge on any atom is 0.282 e. The molecule has 0 spiro atoms. The number of benzene rings is 1. The summed E-state index contributed by atoms with van der Waals surface area (Å²) in [6.07, 6.45) is 1.70. The molecule has 1 aliphatic rings. The van der Waals surface area contributed by atoms with Gasteiger partial charge >= 0.3 is 0 Å². The van der Waals surface area contributed by atoms with Gasteiger partial charge in [0.05, 0.1) is 18.5 Å². The summed E-state index contributed by atoms with van der Waals surface area (Å²) in [6.45, 7) is 2.04. The lowest BCUT2D eigenvalue weighted by atomic mass is 10.1. The second kappa shape index (κ2) is 6.52. The molecule has 0 saturated carbocycles. The third-order valence-corrected chi connectivity index (χ3v) is 4.98. The normalized spacial score (nSPS) is 18.5. The molecule has 1 aromatic heterocycles. The van der Waals surface area contributed by atoms with E-state index < -0.39 is 0 Å². The van der Waals surface area contributed by atoms with Crippen LogP contribution in [0.1, 0.15) is 11.7 Å². The van der Waals surface area contributed by atoms with Crippen LogP contribution in [0.25, 0.3) is 0 Å². The van der Waals surface area contributed by atoms with Crippen molar-refractivity contribution in [3.05, 3.63) is 55.3 Å². The lowest BCUT2D eigenvalue weighted by Gasteiger charge is -2.35. The van der Waals surface area contributed by atoms with Crippen LogP contribution >= 0.6 is 31.9 Å². The highest BCUT2D eigenvalue weighted by Crippen LogP contribution is 2.29. The van der Waals surface area contributed by atoms with Crippen LogP contribution in [-0.2, 0) is 11.8 Å². The molecule has 1 aromatic carbocycles. The molecule has 0 aliphatic carbocycles. The van der Waals surface area contributed by atoms with Crippen molar-refractivity contribution in [3.8, 4) is 0 Å². The highest BCUT2D eigenvalue weighted by atomic mass is 79.9. The van der Waals surface area contributed by atoms with E-state index in [-0.39, 0.29) is 11.7 Å². The Labute approximate surface area is 145 Å². The summed E-state index contributed by atoms with van der Waals surface area (Å²) in [6, 6.07) is 8.12. The average molecular weight is 429 g/mol. The van der Waals surface area contributed by atoms with Gasteiger partial charge in [0, 0.05) is 24.6 Å². The summed E-state index contributed by atoms with van der Waals surface area (Å²) >= 11 is 6.83. The first-order valence-corrected chi connectivity index (χ1v) is 8.48. The maximum atomic E-state index is 12.0. The number of aryl methyl sites for hydroxylation is 1. The fraction of sp³-hybridized carbons (Fsp3) is 0.333. The second-order valence-corrected chi connectivity index (χ2v) is 6.84. The standard InChI is InChI=1S/C15H15Br2N3O2/c1-19-15(21)14(17)12(8-18-19)20-6-7-22-13(9-20)10-2-4-11(16)5-3-10/h2-5,8,13H,6-7,9H2,1H3. The van der Waals surface area contributed by atoms with Gasteiger partial charge in [-0.25, -0.2) is 4.68 Å². The zero-order valence-electron chi connectivity index (χ0n) is 12.0. The van der Waals surface area contributed by atoms with E-state index in [0.29, 0.717) is 17.6 Å². The number of anilines is 1. The Balaban J connectivity index is 1.86. The third-order valence-electron chi connectivity index (χ3n) is 3.71. The topological polar surface area (TPSA) is 47.4 Å². The van der Waals surface area contributed by atoms with Gasteiger partial charge in [-0.15, -0.1) is 0 Å². The van der Waals surface area contributed by atoms with Crippen LogP contribution < -0.4 is 10.5 Å². The van der Waals surface area contributed by atoms with Gasteiger partial charge < -0.3 is 9.64 Å². The Morgan fingerprint density at radius 2 is 2.00 bits per heavy atom. The summed E-state index contributed by atoms with van der Waals surface area (Å²) in [4.78, 5) is 14.1. The van der Waals surface area contributed by atoms with E-state index in [1.165, 1.54) is 4.68 Å². The van der Waals surface area contributed by atoms with E-state index in [9.17, 15) is 4.79 Å². The van der Waals surface area contributed by atoms with Gasteiger partial charge in [-0.1, -0.05) is 28.1 Å². The van der Waals surface area contributed by atoms with Crippen LogP contribution in [0, 0.1) is 0 Å². The van der Waals surface area contributed by atoms with Gasteiger partial charge in [-0.2, -0.15) is 5.10 Å². The van der Waals surface area contributed by atoms with E-state index in [1.54, 1.807) is 13.2 Å². The van der Waals surface area contributed by atoms with Crippen LogP contribution in [0.4, 0.5) is 5.69 Å². The van der Waals surface area contributed by atoms with Crippen molar-refractivity contribution in [1.82, 2.24) is 9.78 Å². The van der Waals surface area contributed by atoms with Crippen LogP contribution in [0.3, 0.4) is 0 Å². The minimum atomic E-state index is -0.135. The Kier molecular flexibility index (Phi) is 4.65. The molecule has 5 nitrogen and oxygen atoms in total. The number of nitrogens with zero attached hydrogens (tertiary/aromatic N) is 3. The van der Waals surface area contributed by atoms with E-state index in [2.05, 4.69) is 54.0 Å². The molecule has 1 aliphatic heterocycles. The third kappa shape index (κ3) is 3.11. The SMILES string of the molecule is Cn1ncc(N2CCOC(c3ccc(Br)cc3)C2)c(Br)c1=O. The molecule has 2 heterocycles. The van der Waals surface area contributed by atoms with Gasteiger partial charge in [-0.3, -0.25) is 4.79 Å². The predicted octanol–water partition coefficient (Wildman–Crippen LogP) is 2.88. The summed E-state index contributed by atoms with van der Waals surface area (Å²) in [5.41, 5.74) is 1.80. The van der Waals surface area contributed by atoms with Crippen LogP contribution in [0.5, 0.6) is 0 Å².